The molecule has 1 aliphatic heterocycles. The lowest BCUT2D eigenvalue weighted by Crippen LogP contribution is -2.33. The molecule has 8 heteroatoms. The van der Waals surface area contributed by atoms with E-state index in [9.17, 15) is 9.59 Å². The fourth-order valence-corrected chi connectivity index (χ4v) is 5.11. The van der Waals surface area contributed by atoms with Crippen LogP contribution >= 0.6 is 35.0 Å². The van der Waals surface area contributed by atoms with Gasteiger partial charge >= 0.3 is 0 Å². The molecule has 4 rings (SSSR count). The monoisotopic (exact) mass is 459 g/mol. The number of benzene rings is 2. The van der Waals surface area contributed by atoms with Crippen molar-refractivity contribution in [1.29, 1.82) is 0 Å². The highest BCUT2D eigenvalue weighted by molar-refractivity contribution is 7.98. The second-order valence-electron chi connectivity index (χ2n) is 7.27. The van der Waals surface area contributed by atoms with Crippen LogP contribution in [0, 0.1) is 6.92 Å². The maximum Gasteiger partial charge on any atom is 0.279 e. The molecule has 0 radical (unpaired) electrons. The molecule has 2 heterocycles. The van der Waals surface area contributed by atoms with E-state index in [0.29, 0.717) is 37.9 Å². The molecule has 0 aliphatic carbocycles. The molecule has 1 aliphatic rings. The van der Waals surface area contributed by atoms with Crippen LogP contribution in [0.3, 0.4) is 0 Å². The Kier molecular flexibility index (Phi) is 5.91. The van der Waals surface area contributed by atoms with Crippen LogP contribution in [0.4, 0.5) is 5.82 Å². The van der Waals surface area contributed by atoms with Gasteiger partial charge < -0.3 is 9.88 Å². The molecule has 2 aromatic carbocycles. The van der Waals surface area contributed by atoms with E-state index in [0.717, 1.165) is 5.56 Å². The van der Waals surface area contributed by atoms with Crippen LogP contribution in [-0.2, 0) is 17.6 Å². The Balaban J connectivity index is 1.74. The van der Waals surface area contributed by atoms with Crippen molar-refractivity contribution in [2.75, 3.05) is 5.32 Å². The number of anilines is 1. The molecule has 154 valence electrons. The standard InChI is InChI=1S/C22H19Cl2N3O2S/c1-12-4-3-5-13(8-12)11-30-22-26-21(29)19-16(10-18(28)25-20(19)27(22)2)15-7-6-14(23)9-17(15)24/h3-9,16H,10-11H2,1-2H3,(H,25,28). The fraction of sp³-hybridized carbons (Fsp3) is 0.227. The summed E-state index contributed by atoms with van der Waals surface area (Å²) in [5, 5.41) is 4.32. The van der Waals surface area contributed by atoms with E-state index in [-0.39, 0.29) is 17.9 Å². The third-order valence-electron chi connectivity index (χ3n) is 5.09. The Morgan fingerprint density at radius 1 is 1.20 bits per heavy atom. The van der Waals surface area contributed by atoms with Gasteiger partial charge in [0.15, 0.2) is 5.16 Å². The molecule has 30 heavy (non-hydrogen) atoms. The molecule has 1 N–H and O–H groups in total. The molecular weight excluding hydrogens is 441 g/mol. The van der Waals surface area contributed by atoms with Crippen LogP contribution < -0.4 is 10.9 Å². The maximum atomic E-state index is 13.0. The van der Waals surface area contributed by atoms with E-state index in [1.807, 2.05) is 25.1 Å². The summed E-state index contributed by atoms with van der Waals surface area (Å²) < 4.78 is 1.77. The smallest absolute Gasteiger partial charge is 0.279 e. The van der Waals surface area contributed by atoms with E-state index in [1.165, 1.54) is 17.3 Å². The molecule has 0 bridgehead atoms. The maximum absolute atomic E-state index is 13.0. The second kappa shape index (κ2) is 8.46. The summed E-state index contributed by atoms with van der Waals surface area (Å²) in [4.78, 5) is 29.8. The predicted molar refractivity (Wildman–Crippen MR) is 122 cm³/mol. The molecular formula is C22H19Cl2N3O2S. The number of halogens is 2. The van der Waals surface area contributed by atoms with Crippen molar-refractivity contribution in [3.05, 3.63) is 85.1 Å². The van der Waals surface area contributed by atoms with Gasteiger partial charge in [0, 0.05) is 35.2 Å². The molecule has 1 aromatic heterocycles. The lowest BCUT2D eigenvalue weighted by atomic mass is 9.86. The third kappa shape index (κ3) is 4.13. The van der Waals surface area contributed by atoms with E-state index in [1.54, 1.807) is 29.8 Å². The van der Waals surface area contributed by atoms with Crippen molar-refractivity contribution >= 4 is 46.7 Å². The SMILES string of the molecule is Cc1cccc(CSc2nc(=O)c3c(n2C)NC(=O)CC3c2ccc(Cl)cc2Cl)c1. The molecule has 1 unspecified atom stereocenters. The van der Waals surface area contributed by atoms with Crippen LogP contribution in [-0.4, -0.2) is 15.5 Å². The van der Waals surface area contributed by atoms with Gasteiger partial charge in [-0.15, -0.1) is 0 Å². The van der Waals surface area contributed by atoms with Gasteiger partial charge in [-0.2, -0.15) is 4.98 Å². The first-order chi connectivity index (χ1) is 14.3. The largest absolute Gasteiger partial charge is 0.312 e. The molecule has 1 amide bonds. The number of nitrogens with zero attached hydrogens (tertiary/aromatic N) is 2. The number of nitrogens with one attached hydrogen (secondary N) is 1. The number of aromatic nitrogens is 2. The molecule has 0 saturated carbocycles. The van der Waals surface area contributed by atoms with Gasteiger partial charge in [0.2, 0.25) is 5.91 Å². The zero-order valence-electron chi connectivity index (χ0n) is 16.4. The fourth-order valence-electron chi connectivity index (χ4n) is 3.66. The quantitative estimate of drug-likeness (QED) is 0.432. The van der Waals surface area contributed by atoms with Crippen molar-refractivity contribution in [3.63, 3.8) is 0 Å². The Bertz CT molecular complexity index is 1210. The van der Waals surface area contributed by atoms with Crippen molar-refractivity contribution in [2.45, 2.75) is 30.2 Å². The number of thioether (sulfide) groups is 1. The van der Waals surface area contributed by atoms with Crippen LogP contribution in [0.2, 0.25) is 10.0 Å². The number of carbonyl (C=O) groups is 1. The van der Waals surface area contributed by atoms with Crippen molar-refractivity contribution < 1.29 is 4.79 Å². The number of rotatable bonds is 4. The molecule has 0 saturated heterocycles. The Morgan fingerprint density at radius 3 is 2.73 bits per heavy atom. The van der Waals surface area contributed by atoms with Gasteiger partial charge in [0.05, 0.1) is 5.56 Å². The summed E-state index contributed by atoms with van der Waals surface area (Å²) in [6.45, 7) is 2.04. The third-order valence-corrected chi connectivity index (χ3v) is 6.75. The molecule has 1 atom stereocenters. The summed E-state index contributed by atoms with van der Waals surface area (Å²) >= 11 is 13.8. The molecule has 0 fully saturated rings. The Morgan fingerprint density at radius 2 is 2.00 bits per heavy atom. The Labute approximate surface area is 188 Å². The Hall–Kier alpha value is -2.28. The summed E-state index contributed by atoms with van der Waals surface area (Å²) in [5.41, 5.74) is 3.10. The number of hydrogen-bond donors (Lipinski definition) is 1. The van der Waals surface area contributed by atoms with E-state index in [4.69, 9.17) is 23.2 Å². The number of aryl methyl sites for hydroxylation is 1. The highest BCUT2D eigenvalue weighted by atomic mass is 35.5. The normalized spacial score (nSPS) is 15.6. The minimum absolute atomic E-state index is 0.126. The van der Waals surface area contributed by atoms with Crippen molar-refractivity contribution in [3.8, 4) is 0 Å². The van der Waals surface area contributed by atoms with Gasteiger partial charge in [-0.3, -0.25) is 9.59 Å². The van der Waals surface area contributed by atoms with Crippen molar-refractivity contribution in [1.82, 2.24) is 9.55 Å². The molecule has 3 aromatic rings. The average molecular weight is 460 g/mol. The molecule has 0 spiro atoms. The summed E-state index contributed by atoms with van der Waals surface area (Å²) in [5.74, 6) is 0.491. The summed E-state index contributed by atoms with van der Waals surface area (Å²) in [6.07, 6.45) is 0.126. The first-order valence-electron chi connectivity index (χ1n) is 9.37. The van der Waals surface area contributed by atoms with Crippen LogP contribution in [0.5, 0.6) is 0 Å². The van der Waals surface area contributed by atoms with Crippen LogP contribution in [0.25, 0.3) is 0 Å². The predicted octanol–water partition coefficient (Wildman–Crippen LogP) is 5.16. The zero-order valence-corrected chi connectivity index (χ0v) is 18.7. The lowest BCUT2D eigenvalue weighted by molar-refractivity contribution is -0.116. The van der Waals surface area contributed by atoms with Gasteiger partial charge in [-0.1, -0.05) is 70.9 Å². The van der Waals surface area contributed by atoms with Gasteiger partial charge in [0.25, 0.3) is 5.56 Å². The second-order valence-corrected chi connectivity index (χ2v) is 9.06. The molecule has 5 nitrogen and oxygen atoms in total. The van der Waals surface area contributed by atoms with Gasteiger partial charge in [-0.05, 0) is 30.2 Å². The number of amides is 1. The van der Waals surface area contributed by atoms with E-state index >= 15 is 0 Å². The highest BCUT2D eigenvalue weighted by Gasteiger charge is 2.33. The van der Waals surface area contributed by atoms with Crippen LogP contribution in [0.15, 0.2) is 52.4 Å². The highest BCUT2D eigenvalue weighted by Crippen LogP contribution is 2.39. The summed E-state index contributed by atoms with van der Waals surface area (Å²) in [7, 11) is 1.80. The minimum atomic E-state index is -0.472. The number of fused-ring (bicyclic) bond motifs is 1. The van der Waals surface area contributed by atoms with Crippen molar-refractivity contribution in [2.24, 2.45) is 7.05 Å². The van der Waals surface area contributed by atoms with E-state index in [2.05, 4.69) is 16.4 Å². The van der Waals surface area contributed by atoms with Crippen LogP contribution in [0.1, 0.15) is 34.6 Å². The topological polar surface area (TPSA) is 64.0 Å². The van der Waals surface area contributed by atoms with E-state index < -0.39 is 5.92 Å². The lowest BCUT2D eigenvalue weighted by Gasteiger charge is -2.28. The number of carbonyl (C=O) groups excluding carboxylic acids is 1. The summed E-state index contributed by atoms with van der Waals surface area (Å²) in [6, 6.07) is 13.3. The minimum Gasteiger partial charge on any atom is -0.312 e. The van der Waals surface area contributed by atoms with Gasteiger partial charge in [-0.25, -0.2) is 0 Å². The average Bonchev–Trinajstić information content (AvgIpc) is 2.69. The zero-order chi connectivity index (χ0) is 21.4. The first kappa shape index (κ1) is 21.0. The van der Waals surface area contributed by atoms with Gasteiger partial charge in [0.1, 0.15) is 5.82 Å². The number of hydrogen-bond acceptors (Lipinski definition) is 4. The first-order valence-corrected chi connectivity index (χ1v) is 11.1.